The predicted octanol–water partition coefficient (Wildman–Crippen LogP) is -0.226. The third kappa shape index (κ3) is 4.63. The van der Waals surface area contributed by atoms with Crippen LogP contribution in [0.1, 0.15) is 12.0 Å². The highest BCUT2D eigenvalue weighted by Gasteiger charge is 2.30. The zero-order valence-electron chi connectivity index (χ0n) is 13.8. The second-order valence-corrected chi connectivity index (χ2v) is 5.96. The molecule has 0 bridgehead atoms. The van der Waals surface area contributed by atoms with E-state index in [9.17, 15) is 14.7 Å². The lowest BCUT2D eigenvalue weighted by molar-refractivity contribution is -0.305. The molecule has 2 rings (SSSR count). The molecule has 1 heterocycles. The minimum Gasteiger partial charge on any atom is -0.550 e. The lowest BCUT2D eigenvalue weighted by Gasteiger charge is -2.11. The van der Waals surface area contributed by atoms with Crippen molar-refractivity contribution in [3.63, 3.8) is 0 Å². The highest BCUT2D eigenvalue weighted by molar-refractivity contribution is 8.15. The normalized spacial score (nSPS) is 18.4. The molecule has 0 unspecified atom stereocenters. The minimum atomic E-state index is -1.30. The van der Waals surface area contributed by atoms with E-state index in [0.29, 0.717) is 22.8 Å². The Kier molecular flexibility index (Phi) is 6.23. The van der Waals surface area contributed by atoms with Gasteiger partial charge in [0.25, 0.3) is 0 Å². The Morgan fingerprint density at radius 2 is 1.88 bits per heavy atom. The molecule has 1 aliphatic heterocycles. The largest absolute Gasteiger partial charge is 0.550 e. The van der Waals surface area contributed by atoms with Crippen molar-refractivity contribution in [1.29, 1.82) is 0 Å². The van der Waals surface area contributed by atoms with Gasteiger partial charge in [0, 0.05) is 24.0 Å². The zero-order valence-corrected chi connectivity index (χ0v) is 14.6. The quantitative estimate of drug-likeness (QED) is 0.523. The summed E-state index contributed by atoms with van der Waals surface area (Å²) in [4.78, 5) is 22.2. The molecule has 1 saturated heterocycles. The number of carbonyl (C=O) groups is 2. The van der Waals surface area contributed by atoms with E-state index in [1.165, 1.54) is 27.5 Å². The smallest absolute Gasteiger partial charge is 0.239 e. The number of carboxylic acid groups (broad SMARTS) is 1. The van der Waals surface area contributed by atoms with Gasteiger partial charge in [0.05, 0.1) is 32.8 Å². The summed E-state index contributed by atoms with van der Waals surface area (Å²) < 4.78 is 15.7. The van der Waals surface area contributed by atoms with Crippen LogP contribution in [-0.2, 0) is 9.59 Å². The number of carbonyl (C=O) groups excluding carboxylic acids is 2. The maximum atomic E-state index is 11.6. The van der Waals surface area contributed by atoms with Crippen LogP contribution in [0, 0.1) is 0 Å². The summed E-state index contributed by atoms with van der Waals surface area (Å²) in [6.45, 7) is 0. The second-order valence-electron chi connectivity index (χ2n) is 4.77. The number of amides is 1. The molecule has 1 aromatic rings. The number of hydrogen-bond donors (Lipinski definition) is 1. The molecule has 25 heavy (non-hydrogen) atoms. The molecule has 9 nitrogen and oxygen atoms in total. The number of aliphatic carboxylic acids is 1. The fourth-order valence-electron chi connectivity index (χ4n) is 2.04. The number of benzene rings is 1. The van der Waals surface area contributed by atoms with Crippen LogP contribution in [0.25, 0.3) is 0 Å². The predicted molar refractivity (Wildman–Crippen MR) is 90.3 cm³/mol. The number of hydrogen-bond acceptors (Lipinski definition) is 9. The standard InChI is InChI=1S/C15H17N3O6S/c1-22-9-5-11(24-3)10(23-2)4-8(9)7-16-18-15-17-14(21)12(25-15)6-13(19)20/h4-5,7,12H,6H2,1-3H3,(H,19,20)(H,17,18,21)/p-1/b16-7-/t12-/m0/s1. The molecule has 0 spiro atoms. The van der Waals surface area contributed by atoms with Crippen LogP contribution in [0.2, 0.25) is 0 Å². The van der Waals surface area contributed by atoms with E-state index in [1.54, 1.807) is 12.1 Å². The van der Waals surface area contributed by atoms with Crippen LogP contribution in [0.15, 0.2) is 22.3 Å². The van der Waals surface area contributed by atoms with Crippen molar-refractivity contribution in [2.75, 3.05) is 21.3 Å². The van der Waals surface area contributed by atoms with E-state index in [1.807, 2.05) is 0 Å². The van der Waals surface area contributed by atoms with Crippen LogP contribution in [0.3, 0.4) is 0 Å². The van der Waals surface area contributed by atoms with E-state index in [0.717, 1.165) is 11.8 Å². The van der Waals surface area contributed by atoms with Crippen molar-refractivity contribution >= 4 is 35.0 Å². The number of nitrogens with one attached hydrogen (secondary N) is 1. The van der Waals surface area contributed by atoms with Crippen LogP contribution in [0.5, 0.6) is 17.2 Å². The molecular formula is C15H16N3O6S-. The average Bonchev–Trinajstić information content (AvgIpc) is 2.93. The van der Waals surface area contributed by atoms with Gasteiger partial charge in [-0.05, 0) is 6.07 Å². The Morgan fingerprint density at radius 3 is 2.48 bits per heavy atom. The summed E-state index contributed by atoms with van der Waals surface area (Å²) in [7, 11) is 4.52. The molecule has 134 valence electrons. The first-order valence-electron chi connectivity index (χ1n) is 7.06. The van der Waals surface area contributed by atoms with Crippen LogP contribution in [-0.4, -0.2) is 49.8 Å². The van der Waals surface area contributed by atoms with Gasteiger partial charge in [0.15, 0.2) is 16.7 Å². The van der Waals surface area contributed by atoms with Crippen molar-refractivity contribution in [1.82, 2.24) is 5.32 Å². The Balaban J connectivity index is 2.16. The maximum absolute atomic E-state index is 11.6. The fourth-order valence-corrected chi connectivity index (χ4v) is 2.94. The molecule has 1 fully saturated rings. The highest BCUT2D eigenvalue weighted by atomic mass is 32.2. The Morgan fingerprint density at radius 1 is 1.24 bits per heavy atom. The first-order chi connectivity index (χ1) is 12.0. The molecule has 0 radical (unpaired) electrons. The molecule has 1 N–H and O–H groups in total. The molecule has 1 amide bonds. The van der Waals surface area contributed by atoms with Crippen LogP contribution < -0.4 is 24.6 Å². The zero-order chi connectivity index (χ0) is 18.4. The molecule has 1 aliphatic rings. The summed E-state index contributed by atoms with van der Waals surface area (Å²) in [5.41, 5.74) is 0.588. The lowest BCUT2D eigenvalue weighted by atomic mass is 10.2. The highest BCUT2D eigenvalue weighted by Crippen LogP contribution is 2.33. The van der Waals surface area contributed by atoms with Gasteiger partial charge in [-0.1, -0.05) is 11.8 Å². The first-order valence-corrected chi connectivity index (χ1v) is 7.94. The number of methoxy groups -OCH3 is 3. The number of carboxylic acids is 1. The second kappa shape index (κ2) is 8.38. The van der Waals surface area contributed by atoms with Crippen LogP contribution in [0.4, 0.5) is 0 Å². The third-order valence-electron chi connectivity index (χ3n) is 3.21. The number of thioether (sulfide) groups is 1. The van der Waals surface area contributed by atoms with E-state index in [4.69, 9.17) is 14.2 Å². The number of ether oxygens (including phenoxy) is 3. The van der Waals surface area contributed by atoms with Gasteiger partial charge in [-0.25, -0.2) is 0 Å². The third-order valence-corrected chi connectivity index (χ3v) is 4.28. The van der Waals surface area contributed by atoms with Crippen molar-refractivity contribution in [3.05, 3.63) is 17.7 Å². The number of amidine groups is 1. The van der Waals surface area contributed by atoms with E-state index in [-0.39, 0.29) is 11.6 Å². The van der Waals surface area contributed by atoms with Crippen LogP contribution >= 0.6 is 11.8 Å². The first kappa shape index (κ1) is 18.6. The molecule has 10 heteroatoms. The summed E-state index contributed by atoms with van der Waals surface area (Å²) >= 11 is 0.985. The molecule has 0 saturated carbocycles. The molecule has 0 aromatic heterocycles. The van der Waals surface area contributed by atoms with Gasteiger partial charge in [-0.2, -0.15) is 5.10 Å². The Labute approximate surface area is 148 Å². The Bertz CT molecular complexity index is 734. The van der Waals surface area contributed by atoms with Crippen molar-refractivity contribution in [2.45, 2.75) is 11.7 Å². The molecule has 0 aliphatic carbocycles. The minimum absolute atomic E-state index is 0.215. The van der Waals surface area contributed by atoms with Gasteiger partial charge < -0.3 is 29.4 Å². The number of rotatable bonds is 7. The lowest BCUT2D eigenvalue weighted by Crippen LogP contribution is -2.31. The molecule has 1 atom stereocenters. The SMILES string of the molecule is COc1cc(OC)c(OC)cc1/C=N\N=C1\NC(=O)[C@H](CC(=O)[O-])S1. The summed E-state index contributed by atoms with van der Waals surface area (Å²) in [6.07, 6.45) is 1.04. The molecular weight excluding hydrogens is 350 g/mol. The van der Waals surface area contributed by atoms with Gasteiger partial charge in [0.2, 0.25) is 5.91 Å². The van der Waals surface area contributed by atoms with Crippen molar-refractivity contribution in [2.24, 2.45) is 10.2 Å². The van der Waals surface area contributed by atoms with Gasteiger partial charge in [0.1, 0.15) is 5.75 Å². The van der Waals surface area contributed by atoms with E-state index < -0.39 is 17.1 Å². The summed E-state index contributed by atoms with van der Waals surface area (Å²) in [6, 6.07) is 3.32. The number of nitrogens with zero attached hydrogens (tertiary/aromatic N) is 2. The summed E-state index contributed by atoms with van der Waals surface area (Å²) in [5.74, 6) is -0.236. The topological polar surface area (TPSA) is 122 Å². The van der Waals surface area contributed by atoms with E-state index >= 15 is 0 Å². The fraction of sp³-hybridized carbons (Fsp3) is 0.333. The Hall–Kier alpha value is -2.75. The monoisotopic (exact) mass is 366 g/mol. The van der Waals surface area contributed by atoms with E-state index in [2.05, 4.69) is 15.5 Å². The van der Waals surface area contributed by atoms with Gasteiger partial charge in [-0.15, -0.1) is 5.10 Å². The van der Waals surface area contributed by atoms with Crippen molar-refractivity contribution in [3.8, 4) is 17.2 Å². The maximum Gasteiger partial charge on any atom is 0.239 e. The van der Waals surface area contributed by atoms with Gasteiger partial charge in [-0.3, -0.25) is 4.79 Å². The summed E-state index contributed by atoms with van der Waals surface area (Å²) in [5, 5.41) is 20.3. The average molecular weight is 366 g/mol. The van der Waals surface area contributed by atoms with Gasteiger partial charge >= 0.3 is 0 Å². The van der Waals surface area contributed by atoms with Crippen molar-refractivity contribution < 1.29 is 28.9 Å². The molecule has 1 aromatic carbocycles.